The van der Waals surface area contributed by atoms with Crippen LogP contribution in [0.3, 0.4) is 0 Å². The normalized spacial score (nSPS) is 13.9. The molecule has 1 aliphatic rings. The van der Waals surface area contributed by atoms with Crippen LogP contribution in [0.15, 0.2) is 144 Å². The molecule has 0 radical (unpaired) electrons. The maximum atomic E-state index is 14.1. The molecule has 0 saturated carbocycles. The van der Waals surface area contributed by atoms with Crippen LogP contribution in [0.25, 0.3) is 22.5 Å². The van der Waals surface area contributed by atoms with Crippen molar-refractivity contribution in [3.8, 4) is 22.5 Å². The highest BCUT2D eigenvalue weighted by atomic mass is 16.2. The van der Waals surface area contributed by atoms with Crippen molar-refractivity contribution < 1.29 is 4.79 Å². The zero-order chi connectivity index (χ0) is 37.9. The predicted octanol–water partition coefficient (Wildman–Crippen LogP) is 8.49. The molecule has 5 aromatic carbocycles. The molecular formula is C46H43N7O2. The Balaban J connectivity index is 1.21. The van der Waals surface area contributed by atoms with Gasteiger partial charge < -0.3 is 0 Å². The van der Waals surface area contributed by atoms with E-state index in [1.54, 1.807) is 4.57 Å². The Morgan fingerprint density at radius 3 is 1.85 bits per heavy atom. The fraction of sp³-hybridized carbons (Fsp3) is 0.217. The van der Waals surface area contributed by atoms with Crippen LogP contribution in [0.2, 0.25) is 0 Å². The molecule has 1 N–H and O–H groups in total. The molecule has 0 spiro atoms. The molecule has 55 heavy (non-hydrogen) atoms. The lowest BCUT2D eigenvalue weighted by Crippen LogP contribution is -2.39. The van der Waals surface area contributed by atoms with Crippen molar-refractivity contribution in [2.24, 2.45) is 5.92 Å². The number of aryl methyl sites for hydroxylation is 1. The first-order valence-corrected chi connectivity index (χ1v) is 19.0. The van der Waals surface area contributed by atoms with E-state index in [9.17, 15) is 9.59 Å². The van der Waals surface area contributed by atoms with E-state index < -0.39 is 11.6 Å². The van der Waals surface area contributed by atoms with Gasteiger partial charge >= 0.3 is 0 Å². The first-order chi connectivity index (χ1) is 26.9. The standard InChI is InChI=1S/C46H43N7O2/c1-4-5-25-40-39(44(55)52-41(31(2)3)43(54)48-45(52)47-40)30-32-26-28-33(29-27-32)37-23-15-16-24-38(37)42-49-50-51-53(42)46(34-17-9-6-10-18-34,35-19-11-7-12-20-35)36-21-13-8-14-22-36/h6-24,26-29,31,41H,4-5,25,30H2,1-3H3,(H,47,48,54). The Bertz CT molecular complexity index is 2400. The lowest BCUT2D eigenvalue weighted by atomic mass is 9.77. The van der Waals surface area contributed by atoms with Gasteiger partial charge in [0.25, 0.3) is 5.56 Å². The van der Waals surface area contributed by atoms with Gasteiger partial charge in [-0.2, -0.15) is 0 Å². The van der Waals surface area contributed by atoms with Crippen LogP contribution in [-0.4, -0.2) is 35.7 Å². The van der Waals surface area contributed by atoms with Gasteiger partial charge in [-0.3, -0.25) is 19.5 Å². The SMILES string of the molecule is CCCCc1nc2n(c(=O)c1Cc1ccc(-c3ccccc3-c3nnnn3C(c3ccccc3)(c3ccccc3)c3ccccc3)cc1)C(C(C)C)C(=O)N2. The molecule has 9 heteroatoms. The highest BCUT2D eigenvalue weighted by Crippen LogP contribution is 2.43. The van der Waals surface area contributed by atoms with Crippen LogP contribution in [0, 0.1) is 5.92 Å². The Kier molecular flexibility index (Phi) is 9.76. The summed E-state index contributed by atoms with van der Waals surface area (Å²) in [5.74, 6) is 0.750. The van der Waals surface area contributed by atoms with Gasteiger partial charge in [-0.05, 0) is 62.6 Å². The van der Waals surface area contributed by atoms with E-state index in [1.165, 1.54) is 0 Å². The van der Waals surface area contributed by atoms with E-state index in [4.69, 9.17) is 15.3 Å². The van der Waals surface area contributed by atoms with Crippen molar-refractivity contribution in [3.05, 3.63) is 183 Å². The minimum atomic E-state index is -0.887. The monoisotopic (exact) mass is 725 g/mol. The third-order valence-corrected chi connectivity index (χ3v) is 10.7. The number of aromatic nitrogens is 6. The number of amides is 1. The van der Waals surface area contributed by atoms with Crippen molar-refractivity contribution in [2.45, 2.75) is 58.0 Å². The van der Waals surface area contributed by atoms with Crippen LogP contribution >= 0.6 is 0 Å². The van der Waals surface area contributed by atoms with Crippen LogP contribution in [0.4, 0.5) is 5.95 Å². The largest absolute Gasteiger partial charge is 0.294 e. The number of hydrogen-bond donors (Lipinski definition) is 1. The van der Waals surface area contributed by atoms with Gasteiger partial charge in [0.15, 0.2) is 5.82 Å². The van der Waals surface area contributed by atoms with Gasteiger partial charge in [0.2, 0.25) is 11.9 Å². The summed E-state index contributed by atoms with van der Waals surface area (Å²) < 4.78 is 3.52. The molecule has 0 fully saturated rings. The van der Waals surface area contributed by atoms with Crippen molar-refractivity contribution in [2.75, 3.05) is 5.32 Å². The first-order valence-electron chi connectivity index (χ1n) is 19.0. The Hall–Kier alpha value is -6.48. The van der Waals surface area contributed by atoms with Crippen LogP contribution in [0.5, 0.6) is 0 Å². The number of fused-ring (bicyclic) bond motifs is 1. The third kappa shape index (κ3) is 6.35. The average molecular weight is 726 g/mol. The number of carbonyl (C=O) groups is 1. The molecule has 1 atom stereocenters. The van der Waals surface area contributed by atoms with Crippen molar-refractivity contribution >= 4 is 11.9 Å². The summed E-state index contributed by atoms with van der Waals surface area (Å²) >= 11 is 0. The van der Waals surface area contributed by atoms with Crippen molar-refractivity contribution in [3.63, 3.8) is 0 Å². The summed E-state index contributed by atoms with van der Waals surface area (Å²) in [5, 5.41) is 16.7. The summed E-state index contributed by atoms with van der Waals surface area (Å²) in [6.45, 7) is 6.03. The topological polar surface area (TPSA) is 108 Å². The predicted molar refractivity (Wildman–Crippen MR) is 216 cm³/mol. The van der Waals surface area contributed by atoms with Gasteiger partial charge in [0, 0.05) is 17.5 Å². The van der Waals surface area contributed by atoms with Gasteiger partial charge in [0.05, 0.1) is 5.69 Å². The Labute approximate surface area is 320 Å². The number of carbonyl (C=O) groups excluding carboxylic acids is 1. The van der Waals surface area contributed by atoms with Crippen LogP contribution in [0.1, 0.15) is 73.2 Å². The fourth-order valence-corrected chi connectivity index (χ4v) is 8.01. The van der Waals surface area contributed by atoms with Gasteiger partial charge in [0.1, 0.15) is 11.6 Å². The summed E-state index contributed by atoms with van der Waals surface area (Å²) in [6, 6.07) is 47.1. The zero-order valence-electron chi connectivity index (χ0n) is 31.3. The molecule has 7 aromatic rings. The maximum absolute atomic E-state index is 14.1. The minimum Gasteiger partial charge on any atom is -0.294 e. The van der Waals surface area contributed by atoms with Gasteiger partial charge in [-0.25, -0.2) is 9.67 Å². The van der Waals surface area contributed by atoms with Crippen LogP contribution in [-0.2, 0) is 23.2 Å². The molecular weight excluding hydrogens is 683 g/mol. The summed E-state index contributed by atoms with van der Waals surface area (Å²) in [7, 11) is 0. The molecule has 0 saturated heterocycles. The Morgan fingerprint density at radius 1 is 0.727 bits per heavy atom. The highest BCUT2D eigenvalue weighted by molar-refractivity contribution is 5.96. The second-order valence-electron chi connectivity index (χ2n) is 14.5. The third-order valence-electron chi connectivity index (χ3n) is 10.7. The zero-order valence-corrected chi connectivity index (χ0v) is 31.3. The molecule has 274 valence electrons. The Morgan fingerprint density at radius 2 is 1.29 bits per heavy atom. The molecule has 0 aliphatic carbocycles. The second kappa shape index (κ2) is 15.1. The van der Waals surface area contributed by atoms with E-state index in [2.05, 4.69) is 127 Å². The highest BCUT2D eigenvalue weighted by Gasteiger charge is 2.42. The lowest BCUT2D eigenvalue weighted by molar-refractivity contribution is -0.119. The number of hydrogen-bond acceptors (Lipinski definition) is 6. The molecule has 9 nitrogen and oxygen atoms in total. The maximum Gasteiger partial charge on any atom is 0.259 e. The lowest BCUT2D eigenvalue weighted by Gasteiger charge is -2.36. The summed E-state index contributed by atoms with van der Waals surface area (Å²) in [5.41, 5.74) is 7.27. The van der Waals surface area contributed by atoms with Crippen molar-refractivity contribution in [1.82, 2.24) is 29.8 Å². The first kappa shape index (κ1) is 35.5. The van der Waals surface area contributed by atoms with E-state index >= 15 is 0 Å². The van der Waals surface area contributed by atoms with E-state index in [0.717, 1.165) is 57.5 Å². The fourth-order valence-electron chi connectivity index (χ4n) is 8.01. The molecule has 3 heterocycles. The second-order valence-corrected chi connectivity index (χ2v) is 14.5. The number of benzene rings is 5. The number of anilines is 1. The van der Waals surface area contributed by atoms with Gasteiger partial charge in [-0.15, -0.1) is 5.10 Å². The van der Waals surface area contributed by atoms with E-state index in [1.807, 2.05) is 48.9 Å². The van der Waals surface area contributed by atoms with Gasteiger partial charge in [-0.1, -0.05) is 167 Å². The molecule has 2 aromatic heterocycles. The minimum absolute atomic E-state index is 0.0475. The molecule has 1 unspecified atom stereocenters. The molecule has 0 bridgehead atoms. The number of unbranched alkanes of at least 4 members (excludes halogenated alkanes) is 1. The number of tetrazole rings is 1. The van der Waals surface area contributed by atoms with E-state index in [0.29, 0.717) is 30.2 Å². The smallest absolute Gasteiger partial charge is 0.259 e. The van der Waals surface area contributed by atoms with Crippen LogP contribution < -0.4 is 10.9 Å². The quantitative estimate of drug-likeness (QED) is 0.127. The molecule has 1 amide bonds. The number of nitrogens with one attached hydrogen (secondary N) is 1. The van der Waals surface area contributed by atoms with E-state index in [-0.39, 0.29) is 17.4 Å². The molecule has 8 rings (SSSR count). The number of rotatable bonds is 12. The number of nitrogens with zero attached hydrogens (tertiary/aromatic N) is 6. The summed E-state index contributed by atoms with van der Waals surface area (Å²) in [4.78, 5) is 31.8. The average Bonchev–Trinajstić information content (AvgIpc) is 3.85. The summed E-state index contributed by atoms with van der Waals surface area (Å²) in [6.07, 6.45) is 2.96. The van der Waals surface area contributed by atoms with Crippen molar-refractivity contribution in [1.29, 1.82) is 0 Å². The molecule has 1 aliphatic heterocycles.